The van der Waals surface area contributed by atoms with Crippen LogP contribution >= 0.6 is 0 Å². The molecular formula is C76H65N3O. The summed E-state index contributed by atoms with van der Waals surface area (Å²) in [6, 6.07) is 82.1. The van der Waals surface area contributed by atoms with Crippen LogP contribution in [0.15, 0.2) is 286 Å². The highest BCUT2D eigenvalue weighted by Gasteiger charge is 2.19. The van der Waals surface area contributed by atoms with Crippen molar-refractivity contribution in [3.8, 4) is 56.2 Å². The van der Waals surface area contributed by atoms with E-state index >= 15 is 0 Å². The van der Waals surface area contributed by atoms with Crippen molar-refractivity contribution >= 4 is 65.4 Å². The van der Waals surface area contributed by atoms with Crippen molar-refractivity contribution in [1.82, 2.24) is 13.7 Å². The summed E-state index contributed by atoms with van der Waals surface area (Å²) in [6.07, 6.45) is 14.6. The van der Waals surface area contributed by atoms with E-state index in [0.29, 0.717) is 0 Å². The summed E-state index contributed by atoms with van der Waals surface area (Å²) in [5, 5.41) is 7.25. The Morgan fingerprint density at radius 2 is 0.750 bits per heavy atom. The molecule has 0 N–H and O–H groups in total. The third-order valence-electron chi connectivity index (χ3n) is 15.0. The molecule has 0 amide bonds. The minimum atomic E-state index is 0.846. The highest BCUT2D eigenvalue weighted by Crippen LogP contribution is 2.42. The Morgan fingerprint density at radius 1 is 0.400 bits per heavy atom. The van der Waals surface area contributed by atoms with E-state index in [1.165, 1.54) is 93.5 Å². The maximum Gasteiger partial charge on any atom is 0.119 e. The normalized spacial score (nSPS) is 11.6. The van der Waals surface area contributed by atoms with Crippen LogP contribution in [0.3, 0.4) is 0 Å². The zero-order chi connectivity index (χ0) is 55.1. The zero-order valence-electron chi connectivity index (χ0n) is 46.3. The molecule has 390 valence electrons. The van der Waals surface area contributed by atoms with Gasteiger partial charge in [-0.2, -0.15) is 0 Å². The molecule has 4 heteroatoms. The lowest BCUT2D eigenvalue weighted by molar-refractivity contribution is 0.415. The van der Waals surface area contributed by atoms with Crippen LogP contribution in [0, 0.1) is 6.92 Å². The molecule has 0 spiro atoms. The van der Waals surface area contributed by atoms with Gasteiger partial charge in [-0.25, -0.2) is 0 Å². The zero-order valence-corrected chi connectivity index (χ0v) is 46.3. The quantitative estimate of drug-likeness (QED) is 0.118. The summed E-state index contributed by atoms with van der Waals surface area (Å²) in [4.78, 5) is 0. The van der Waals surface area contributed by atoms with Crippen molar-refractivity contribution in [1.29, 1.82) is 0 Å². The van der Waals surface area contributed by atoms with Gasteiger partial charge in [-0.3, -0.25) is 0 Å². The molecule has 4 nitrogen and oxygen atoms in total. The van der Waals surface area contributed by atoms with Crippen molar-refractivity contribution in [3.63, 3.8) is 0 Å². The highest BCUT2D eigenvalue weighted by molar-refractivity contribution is 6.15. The molecule has 13 rings (SSSR count). The van der Waals surface area contributed by atoms with Crippen molar-refractivity contribution in [3.05, 3.63) is 291 Å². The maximum absolute atomic E-state index is 5.75. The standard InChI is InChI=1S/C62H43N3O.C9H14.C5H8/c1-40-18-25-49(26-19-40)65-59-30-22-44(43-21-29-58-52(35-43)51-34-42(41-12-6-3-7-13-41)20-28-57(51)63(58)47-14-8-4-9-15-47)36-53(59)54-37-45(23-31-60(54)65)46-24-32-61-55(38-46)56-39-50(66-2)27-33-62(56)64(61)48-16-10-5-11-17-48;1-4-6-7-8-9(3)5-2;1-3-5-4-2/h3-39H,1-2H3;4,6-8H,3,5H2,1-2H3;3-5H,1H2,2H3/b;6-4-,8-7-;5-4-. The van der Waals surface area contributed by atoms with Gasteiger partial charge in [-0.15, -0.1) is 0 Å². The second-order valence-electron chi connectivity index (χ2n) is 20.1. The Kier molecular flexibility index (Phi) is 15.2. The predicted molar refractivity (Wildman–Crippen MR) is 345 cm³/mol. The number of para-hydroxylation sites is 2. The lowest BCUT2D eigenvalue weighted by Crippen LogP contribution is -1.94. The smallest absolute Gasteiger partial charge is 0.119 e. The highest BCUT2D eigenvalue weighted by atomic mass is 16.5. The number of allylic oxidation sites excluding steroid dienone is 8. The largest absolute Gasteiger partial charge is 0.497 e. The van der Waals surface area contributed by atoms with Gasteiger partial charge in [0.1, 0.15) is 5.75 Å². The predicted octanol–water partition coefficient (Wildman–Crippen LogP) is 21.1. The fourth-order valence-corrected chi connectivity index (χ4v) is 10.9. The molecule has 0 atom stereocenters. The Morgan fingerprint density at radius 3 is 1.10 bits per heavy atom. The molecule has 0 radical (unpaired) electrons. The number of hydrogen-bond acceptors (Lipinski definition) is 1. The van der Waals surface area contributed by atoms with Gasteiger partial charge in [-0.1, -0.05) is 183 Å². The van der Waals surface area contributed by atoms with Gasteiger partial charge in [-0.05, 0) is 176 Å². The van der Waals surface area contributed by atoms with Gasteiger partial charge < -0.3 is 18.4 Å². The Balaban J connectivity index is 0.000000430. The topological polar surface area (TPSA) is 24.0 Å². The molecule has 3 heterocycles. The SMILES string of the molecule is C=C(/C=C\C=C/C)CC.C=C/C=C\C.COc1ccc2c(c1)c1cc(-c3ccc4c(c3)c3cc(-c5ccc6c(c5)c5cc(-c7ccccc7)ccc5n6-c5ccccc5)ccc3n4-c3ccc(C)cc3)ccc1n2-c1ccccc1. The number of fused-ring (bicyclic) bond motifs is 9. The number of aromatic nitrogens is 3. The lowest BCUT2D eigenvalue weighted by atomic mass is 9.98. The van der Waals surface area contributed by atoms with E-state index in [1.54, 1.807) is 13.2 Å². The van der Waals surface area contributed by atoms with Crippen LogP contribution in [-0.4, -0.2) is 20.8 Å². The average molecular weight is 1040 g/mol. The van der Waals surface area contributed by atoms with E-state index in [4.69, 9.17) is 4.74 Å². The number of ether oxygens (including phenoxy) is 1. The molecule has 13 aromatic rings. The first-order valence-corrected chi connectivity index (χ1v) is 27.5. The molecule has 0 aliphatic rings. The van der Waals surface area contributed by atoms with Crippen LogP contribution in [-0.2, 0) is 0 Å². The molecule has 0 saturated carbocycles. The molecule has 0 saturated heterocycles. The lowest BCUT2D eigenvalue weighted by Gasteiger charge is -2.10. The second-order valence-corrected chi connectivity index (χ2v) is 20.1. The second kappa shape index (κ2) is 23.4. The van der Waals surface area contributed by atoms with E-state index in [-0.39, 0.29) is 0 Å². The van der Waals surface area contributed by atoms with Gasteiger partial charge >= 0.3 is 0 Å². The van der Waals surface area contributed by atoms with E-state index in [0.717, 1.165) is 45.7 Å². The van der Waals surface area contributed by atoms with Gasteiger partial charge in [0.2, 0.25) is 0 Å². The molecule has 80 heavy (non-hydrogen) atoms. The van der Waals surface area contributed by atoms with Crippen LogP contribution in [0.5, 0.6) is 5.75 Å². The number of methoxy groups -OCH3 is 1. The fourth-order valence-electron chi connectivity index (χ4n) is 10.9. The van der Waals surface area contributed by atoms with Crippen molar-refractivity contribution in [2.24, 2.45) is 0 Å². The van der Waals surface area contributed by atoms with Crippen molar-refractivity contribution < 1.29 is 4.74 Å². The van der Waals surface area contributed by atoms with Gasteiger partial charge in [0.05, 0.1) is 40.2 Å². The minimum absolute atomic E-state index is 0.846. The number of hydrogen-bond donors (Lipinski definition) is 0. The Labute approximate surface area is 470 Å². The molecule has 0 fully saturated rings. The number of rotatable bonds is 11. The summed E-state index contributed by atoms with van der Waals surface area (Å²) in [5.41, 5.74) is 20.0. The van der Waals surface area contributed by atoms with Crippen molar-refractivity contribution in [2.75, 3.05) is 7.11 Å². The van der Waals surface area contributed by atoms with Gasteiger partial charge in [0.15, 0.2) is 0 Å². The molecular weight excluding hydrogens is 971 g/mol. The minimum Gasteiger partial charge on any atom is -0.497 e. The first-order chi connectivity index (χ1) is 39.3. The molecule has 0 unspecified atom stereocenters. The number of aryl methyl sites for hydroxylation is 1. The molecule has 10 aromatic carbocycles. The molecule has 0 aliphatic carbocycles. The first kappa shape index (κ1) is 52.2. The summed E-state index contributed by atoms with van der Waals surface area (Å²) in [6.45, 7) is 15.5. The fraction of sp³-hybridized carbons (Fsp3) is 0.0789. The third kappa shape index (κ3) is 10.2. The van der Waals surface area contributed by atoms with Crippen molar-refractivity contribution in [2.45, 2.75) is 34.1 Å². The van der Waals surface area contributed by atoms with Gasteiger partial charge in [0, 0.05) is 49.4 Å². The molecule has 0 aliphatic heterocycles. The van der Waals surface area contributed by atoms with E-state index in [2.05, 4.69) is 265 Å². The average Bonchev–Trinajstić information content (AvgIpc) is 4.21. The summed E-state index contributed by atoms with van der Waals surface area (Å²) in [5.74, 6) is 0.846. The van der Waals surface area contributed by atoms with Gasteiger partial charge in [0.25, 0.3) is 0 Å². The summed E-state index contributed by atoms with van der Waals surface area (Å²) >= 11 is 0. The van der Waals surface area contributed by atoms with Crippen LogP contribution in [0.25, 0.3) is 116 Å². The molecule has 0 bridgehead atoms. The summed E-state index contributed by atoms with van der Waals surface area (Å²) in [7, 11) is 1.74. The van der Waals surface area contributed by atoms with Crippen LogP contribution in [0.4, 0.5) is 0 Å². The third-order valence-corrected chi connectivity index (χ3v) is 15.0. The van der Waals surface area contributed by atoms with Crippen LogP contribution in [0.1, 0.15) is 32.8 Å². The first-order valence-electron chi connectivity index (χ1n) is 27.5. The van der Waals surface area contributed by atoms with E-state index in [9.17, 15) is 0 Å². The number of nitrogens with zero attached hydrogens (tertiary/aromatic N) is 3. The maximum atomic E-state index is 5.75. The number of benzene rings is 10. The van der Waals surface area contributed by atoms with Crippen LogP contribution in [0.2, 0.25) is 0 Å². The van der Waals surface area contributed by atoms with E-state index < -0.39 is 0 Å². The Bertz CT molecular complexity index is 4470. The summed E-state index contributed by atoms with van der Waals surface area (Å²) < 4.78 is 12.9. The Hall–Kier alpha value is -9.90. The molecule has 3 aromatic heterocycles. The van der Waals surface area contributed by atoms with E-state index in [1.807, 2.05) is 50.3 Å². The van der Waals surface area contributed by atoms with Crippen LogP contribution < -0.4 is 4.74 Å². The monoisotopic (exact) mass is 1040 g/mol.